The Kier molecular flexibility index (Phi) is 8.71. The highest BCUT2D eigenvalue weighted by molar-refractivity contribution is 7.92. The van der Waals surface area contributed by atoms with Crippen molar-refractivity contribution in [1.29, 1.82) is 0 Å². The van der Waals surface area contributed by atoms with Crippen LogP contribution in [-0.4, -0.2) is 57.1 Å². The summed E-state index contributed by atoms with van der Waals surface area (Å²) >= 11 is 0. The lowest BCUT2D eigenvalue weighted by Gasteiger charge is -2.32. The van der Waals surface area contributed by atoms with Crippen LogP contribution in [-0.2, 0) is 26.2 Å². The molecular formula is C25H32FN3O5S. The molecule has 10 heteroatoms. The van der Waals surface area contributed by atoms with Crippen LogP contribution >= 0.6 is 0 Å². The van der Waals surface area contributed by atoms with Gasteiger partial charge in [0.05, 0.1) is 19.1 Å². The van der Waals surface area contributed by atoms with Crippen LogP contribution in [0.3, 0.4) is 0 Å². The smallest absolute Gasteiger partial charge is 0.244 e. The van der Waals surface area contributed by atoms with Crippen LogP contribution in [0.5, 0.6) is 5.75 Å². The minimum atomic E-state index is -3.84. The fourth-order valence-corrected chi connectivity index (χ4v) is 5.00. The van der Waals surface area contributed by atoms with Crippen molar-refractivity contribution in [3.05, 3.63) is 59.9 Å². The molecule has 1 aliphatic rings. The lowest BCUT2D eigenvalue weighted by atomic mass is 10.1. The molecule has 0 aliphatic heterocycles. The van der Waals surface area contributed by atoms with Crippen LogP contribution in [0, 0.1) is 5.82 Å². The number of benzene rings is 2. The van der Waals surface area contributed by atoms with Gasteiger partial charge in [-0.3, -0.25) is 13.9 Å². The van der Waals surface area contributed by atoms with Crippen LogP contribution in [0.4, 0.5) is 10.1 Å². The van der Waals surface area contributed by atoms with Gasteiger partial charge in [-0.2, -0.15) is 0 Å². The number of anilines is 1. The number of rotatable bonds is 10. The molecule has 0 heterocycles. The number of hydrogen-bond acceptors (Lipinski definition) is 5. The highest BCUT2D eigenvalue weighted by atomic mass is 32.2. The molecular weight excluding hydrogens is 473 g/mol. The summed E-state index contributed by atoms with van der Waals surface area (Å²) in [6.45, 7) is 0.854. The van der Waals surface area contributed by atoms with E-state index in [4.69, 9.17) is 4.74 Å². The summed E-state index contributed by atoms with van der Waals surface area (Å²) in [4.78, 5) is 27.7. The number of amides is 2. The number of ether oxygens (including phenoxy) is 1. The Hall–Kier alpha value is -3.14. The first-order chi connectivity index (χ1) is 16.6. The molecule has 3 rings (SSSR count). The molecule has 1 N–H and O–H groups in total. The van der Waals surface area contributed by atoms with Gasteiger partial charge in [-0.1, -0.05) is 31.0 Å². The summed E-state index contributed by atoms with van der Waals surface area (Å²) in [5.41, 5.74) is 0.507. The van der Waals surface area contributed by atoms with Crippen molar-refractivity contribution in [3.8, 4) is 5.75 Å². The molecule has 8 nitrogen and oxygen atoms in total. The van der Waals surface area contributed by atoms with Crippen molar-refractivity contribution in [2.45, 2.75) is 51.2 Å². The lowest BCUT2D eigenvalue weighted by Crippen LogP contribution is -2.52. The maximum absolute atomic E-state index is 14.4. The third kappa shape index (κ3) is 6.94. The van der Waals surface area contributed by atoms with E-state index in [1.807, 2.05) is 0 Å². The zero-order chi connectivity index (χ0) is 25.6. The Morgan fingerprint density at radius 2 is 1.74 bits per heavy atom. The number of halogens is 1. The zero-order valence-electron chi connectivity index (χ0n) is 20.2. The van der Waals surface area contributed by atoms with E-state index in [1.54, 1.807) is 25.1 Å². The van der Waals surface area contributed by atoms with Crippen LogP contribution in [0.25, 0.3) is 0 Å². The fraction of sp³-hybridized carbons (Fsp3) is 0.440. The Morgan fingerprint density at radius 1 is 1.11 bits per heavy atom. The summed E-state index contributed by atoms with van der Waals surface area (Å²) in [5.74, 6) is -0.948. The zero-order valence-corrected chi connectivity index (χ0v) is 21.1. The lowest BCUT2D eigenvalue weighted by molar-refractivity contribution is -0.139. The molecule has 0 saturated heterocycles. The topological polar surface area (TPSA) is 96.0 Å². The van der Waals surface area contributed by atoms with Crippen molar-refractivity contribution >= 4 is 27.5 Å². The molecule has 1 saturated carbocycles. The molecule has 35 heavy (non-hydrogen) atoms. The SMILES string of the molecule is COc1ccc(N(CC(=O)N(Cc2ccccc2F)[C@@H](C)C(=O)NC2CCCC2)S(C)(=O)=O)cc1. The van der Waals surface area contributed by atoms with Gasteiger partial charge in [0.2, 0.25) is 21.8 Å². The van der Waals surface area contributed by atoms with Gasteiger partial charge in [-0.05, 0) is 50.1 Å². The number of carbonyl (C=O) groups is 2. The maximum atomic E-state index is 14.4. The first kappa shape index (κ1) is 26.5. The second kappa shape index (κ2) is 11.5. The monoisotopic (exact) mass is 505 g/mol. The van der Waals surface area contributed by atoms with E-state index in [-0.39, 0.29) is 29.7 Å². The molecule has 0 aromatic heterocycles. The maximum Gasteiger partial charge on any atom is 0.244 e. The number of sulfonamides is 1. The van der Waals surface area contributed by atoms with E-state index in [9.17, 15) is 22.4 Å². The standard InChI is InChI=1S/C25H32FN3O5S/c1-18(25(31)27-20-9-5-6-10-20)28(16-19-8-4-7-11-23(19)26)24(30)17-29(35(3,32)33)21-12-14-22(34-2)15-13-21/h4,7-8,11-15,18,20H,5-6,9-10,16-17H2,1-3H3,(H,27,31)/t18-/m0/s1. The summed E-state index contributed by atoms with van der Waals surface area (Å²) in [6.07, 6.45) is 4.81. The van der Waals surface area contributed by atoms with Crippen LogP contribution in [0.2, 0.25) is 0 Å². The normalized spacial score (nSPS) is 14.9. The van der Waals surface area contributed by atoms with Crippen molar-refractivity contribution in [3.63, 3.8) is 0 Å². The van der Waals surface area contributed by atoms with Crippen molar-refractivity contribution < 1.29 is 27.1 Å². The molecule has 1 fully saturated rings. The predicted molar refractivity (Wildman–Crippen MR) is 132 cm³/mol. The molecule has 2 aromatic rings. The summed E-state index contributed by atoms with van der Waals surface area (Å²) in [5, 5.41) is 2.97. The van der Waals surface area contributed by atoms with Gasteiger partial charge >= 0.3 is 0 Å². The minimum absolute atomic E-state index is 0.0437. The molecule has 0 radical (unpaired) electrons. The molecule has 190 valence electrons. The van der Waals surface area contributed by atoms with Gasteiger partial charge in [-0.25, -0.2) is 12.8 Å². The number of nitrogens with one attached hydrogen (secondary N) is 1. The van der Waals surface area contributed by atoms with Crippen LogP contribution in [0.1, 0.15) is 38.2 Å². The Balaban J connectivity index is 1.88. The van der Waals surface area contributed by atoms with E-state index in [0.29, 0.717) is 5.75 Å². The molecule has 1 atom stereocenters. The third-order valence-electron chi connectivity index (χ3n) is 6.21. The highest BCUT2D eigenvalue weighted by Crippen LogP contribution is 2.23. The van der Waals surface area contributed by atoms with Crippen LogP contribution < -0.4 is 14.4 Å². The minimum Gasteiger partial charge on any atom is -0.497 e. The first-order valence-corrected chi connectivity index (χ1v) is 13.4. The molecule has 2 amide bonds. The van der Waals surface area contributed by atoms with Crippen molar-refractivity contribution in [2.75, 3.05) is 24.2 Å². The van der Waals surface area contributed by atoms with Gasteiger partial charge in [0.1, 0.15) is 24.2 Å². The van der Waals surface area contributed by atoms with Crippen molar-refractivity contribution in [1.82, 2.24) is 10.2 Å². The van der Waals surface area contributed by atoms with E-state index in [1.165, 1.54) is 42.3 Å². The second-order valence-electron chi connectivity index (χ2n) is 8.75. The molecule has 2 aromatic carbocycles. The van der Waals surface area contributed by atoms with Crippen LogP contribution in [0.15, 0.2) is 48.5 Å². The van der Waals surface area contributed by atoms with E-state index < -0.39 is 34.3 Å². The molecule has 0 spiro atoms. The number of nitrogens with zero attached hydrogens (tertiary/aromatic N) is 2. The summed E-state index contributed by atoms with van der Waals surface area (Å²) < 4.78 is 45.7. The summed E-state index contributed by atoms with van der Waals surface area (Å²) in [7, 11) is -2.35. The number of methoxy groups -OCH3 is 1. The average molecular weight is 506 g/mol. The van der Waals surface area contributed by atoms with Crippen molar-refractivity contribution in [2.24, 2.45) is 0 Å². The van der Waals surface area contributed by atoms with Gasteiger partial charge in [-0.15, -0.1) is 0 Å². The largest absolute Gasteiger partial charge is 0.497 e. The molecule has 0 unspecified atom stereocenters. The number of hydrogen-bond donors (Lipinski definition) is 1. The first-order valence-electron chi connectivity index (χ1n) is 11.5. The number of carbonyl (C=O) groups excluding carboxylic acids is 2. The third-order valence-corrected chi connectivity index (χ3v) is 7.35. The average Bonchev–Trinajstić information content (AvgIpc) is 3.34. The Labute approximate surface area is 206 Å². The molecule has 1 aliphatic carbocycles. The highest BCUT2D eigenvalue weighted by Gasteiger charge is 2.31. The Morgan fingerprint density at radius 3 is 2.31 bits per heavy atom. The van der Waals surface area contributed by atoms with Gasteiger partial charge in [0.25, 0.3) is 0 Å². The van der Waals surface area contributed by atoms with E-state index in [2.05, 4.69) is 5.32 Å². The van der Waals surface area contributed by atoms with E-state index >= 15 is 0 Å². The summed E-state index contributed by atoms with van der Waals surface area (Å²) in [6, 6.07) is 11.4. The second-order valence-corrected chi connectivity index (χ2v) is 10.7. The van der Waals surface area contributed by atoms with Gasteiger partial charge < -0.3 is 15.0 Å². The fourth-order valence-electron chi connectivity index (χ4n) is 4.15. The van der Waals surface area contributed by atoms with E-state index in [0.717, 1.165) is 36.2 Å². The molecule has 0 bridgehead atoms. The predicted octanol–water partition coefficient (Wildman–Crippen LogP) is 3.08. The quantitative estimate of drug-likeness (QED) is 0.535. The van der Waals surface area contributed by atoms with Gasteiger partial charge in [0, 0.05) is 18.2 Å². The van der Waals surface area contributed by atoms with Gasteiger partial charge in [0.15, 0.2) is 0 Å². The Bertz CT molecular complexity index is 1130.